The molecule has 0 spiro atoms. The van der Waals surface area contributed by atoms with Gasteiger partial charge in [0.2, 0.25) is 0 Å². The van der Waals surface area contributed by atoms with Crippen LogP contribution in [0.3, 0.4) is 0 Å². The highest BCUT2D eigenvalue weighted by molar-refractivity contribution is 9.06. The van der Waals surface area contributed by atoms with Gasteiger partial charge in [-0.2, -0.15) is 0 Å². The van der Waals surface area contributed by atoms with Crippen molar-refractivity contribution in [3.05, 3.63) is 0 Å². The molecule has 0 aromatic carbocycles. The van der Waals surface area contributed by atoms with Gasteiger partial charge in [0.15, 0.2) is 0 Å². The highest BCUT2D eigenvalue weighted by Crippen LogP contribution is 2.57. The minimum atomic E-state index is -0.295. The number of hydrogen-bond donors (Lipinski definition) is 2. The van der Waals surface area contributed by atoms with Crippen LogP contribution in [0.5, 0.6) is 0 Å². The molecule has 0 unspecified atom stereocenters. The van der Waals surface area contributed by atoms with E-state index in [1.54, 1.807) is 11.4 Å². The van der Waals surface area contributed by atoms with Crippen molar-refractivity contribution in [2.45, 2.75) is 6.92 Å². The van der Waals surface area contributed by atoms with Crippen LogP contribution in [-0.4, -0.2) is 5.75 Å². The largest absolute Gasteiger partial charge is 0.130 e. The fraction of sp³-hybridized carbons (Fsp3) is 1.00. The maximum atomic E-state index is 4.07. The van der Waals surface area contributed by atoms with Crippen LogP contribution in [0.2, 0.25) is 0 Å². The van der Waals surface area contributed by atoms with Crippen molar-refractivity contribution in [3.8, 4) is 0 Å². The number of thiol groups is 2. The van der Waals surface area contributed by atoms with Gasteiger partial charge in [-0.25, -0.2) is 0 Å². The van der Waals surface area contributed by atoms with Gasteiger partial charge in [0.05, 0.1) is 5.53 Å². The highest BCUT2D eigenvalue weighted by atomic mass is 33.3. The molecule has 0 fully saturated rings. The van der Waals surface area contributed by atoms with Gasteiger partial charge in [-0.15, -0.1) is 35.9 Å². The summed E-state index contributed by atoms with van der Waals surface area (Å²) in [6.45, 7) is 2.10. The fourth-order valence-corrected chi connectivity index (χ4v) is 3.12. The third kappa shape index (κ3) is 5.48. The van der Waals surface area contributed by atoms with Crippen molar-refractivity contribution in [3.63, 3.8) is 0 Å². The van der Waals surface area contributed by atoms with E-state index in [0.29, 0.717) is 0 Å². The molecule has 0 bridgehead atoms. The molecular formula is C2H7PS3. The second-order valence-electron chi connectivity index (χ2n) is 0.671. The molecule has 0 amide bonds. The lowest BCUT2D eigenvalue weighted by atomic mass is 11.0. The quantitative estimate of drug-likeness (QED) is 0.460. The number of rotatable bonds is 2. The summed E-state index contributed by atoms with van der Waals surface area (Å²) in [5.74, 6) is 1.12. The molecule has 0 saturated carbocycles. The van der Waals surface area contributed by atoms with Crippen LogP contribution in [0.25, 0.3) is 0 Å². The zero-order valence-corrected chi connectivity index (χ0v) is 6.96. The monoisotopic (exact) mass is 158 g/mol. The summed E-state index contributed by atoms with van der Waals surface area (Å²) >= 11 is 9.92. The molecule has 0 aromatic heterocycles. The molecule has 0 aromatic rings. The van der Waals surface area contributed by atoms with Crippen LogP contribution in [0.15, 0.2) is 0 Å². The Morgan fingerprint density at radius 2 is 2.17 bits per heavy atom. The minimum absolute atomic E-state index is 0.295. The van der Waals surface area contributed by atoms with E-state index in [2.05, 4.69) is 31.4 Å². The van der Waals surface area contributed by atoms with E-state index in [9.17, 15) is 0 Å². The van der Waals surface area contributed by atoms with E-state index in [1.807, 2.05) is 0 Å². The molecule has 0 aliphatic carbocycles. The molecule has 0 nitrogen and oxygen atoms in total. The van der Waals surface area contributed by atoms with Gasteiger partial charge < -0.3 is 0 Å². The minimum Gasteiger partial charge on any atom is -0.130 e. The molecule has 0 radical (unpaired) electrons. The lowest BCUT2D eigenvalue weighted by Crippen LogP contribution is -1.50. The normalized spacial score (nSPS) is 10.0. The van der Waals surface area contributed by atoms with Crippen LogP contribution in [-0.2, 0) is 0 Å². The molecule has 38 valence electrons. The van der Waals surface area contributed by atoms with Crippen LogP contribution >= 0.6 is 41.4 Å². The van der Waals surface area contributed by atoms with Gasteiger partial charge in [-0.1, -0.05) is 6.92 Å². The van der Waals surface area contributed by atoms with Crippen molar-refractivity contribution in [2.24, 2.45) is 0 Å². The molecule has 0 N–H and O–H groups in total. The first-order valence-electron chi connectivity index (χ1n) is 1.58. The summed E-state index contributed by atoms with van der Waals surface area (Å²) in [6.07, 6.45) is 0. The summed E-state index contributed by atoms with van der Waals surface area (Å²) in [7, 11) is 0. The molecule has 0 rings (SSSR count). The van der Waals surface area contributed by atoms with Gasteiger partial charge >= 0.3 is 0 Å². The second-order valence-corrected chi connectivity index (χ2v) is 8.85. The van der Waals surface area contributed by atoms with Gasteiger partial charge in [-0.05, 0) is 5.75 Å². The summed E-state index contributed by atoms with van der Waals surface area (Å²) in [4.78, 5) is 0. The zero-order chi connectivity index (χ0) is 4.99. The van der Waals surface area contributed by atoms with Crippen molar-refractivity contribution in [1.29, 1.82) is 0 Å². The lowest BCUT2D eigenvalue weighted by Gasteiger charge is -1.94. The Morgan fingerprint density at radius 3 is 2.17 bits per heavy atom. The van der Waals surface area contributed by atoms with E-state index in [4.69, 9.17) is 0 Å². The lowest BCUT2D eigenvalue weighted by molar-refractivity contribution is 1.54. The first-order chi connectivity index (χ1) is 2.77. The van der Waals surface area contributed by atoms with E-state index >= 15 is 0 Å². The Morgan fingerprint density at radius 1 is 1.67 bits per heavy atom. The smallest absolute Gasteiger partial charge is 0.0665 e. The Hall–Kier alpha value is 1.48. The van der Waals surface area contributed by atoms with E-state index in [1.165, 1.54) is 0 Å². The zero-order valence-electron chi connectivity index (χ0n) is 3.46. The first kappa shape index (κ1) is 7.48. The number of hydrogen-bond acceptors (Lipinski definition) is 3. The molecule has 0 aliphatic heterocycles. The van der Waals surface area contributed by atoms with Gasteiger partial charge in [0.1, 0.15) is 0 Å². The average molecular weight is 158 g/mol. The highest BCUT2D eigenvalue weighted by Gasteiger charge is 1.87. The van der Waals surface area contributed by atoms with Crippen molar-refractivity contribution >= 4 is 41.4 Å². The first-order valence-corrected chi connectivity index (χ1v) is 6.82. The Bertz CT molecular complexity index is 30.0. The third-order valence-electron chi connectivity index (χ3n) is 0.245. The van der Waals surface area contributed by atoms with Crippen molar-refractivity contribution in [1.82, 2.24) is 0 Å². The Labute approximate surface area is 54.3 Å². The van der Waals surface area contributed by atoms with Crippen molar-refractivity contribution < 1.29 is 0 Å². The summed E-state index contributed by atoms with van der Waals surface area (Å²) in [5, 5.41) is 0. The maximum Gasteiger partial charge on any atom is 0.0665 e. The van der Waals surface area contributed by atoms with Crippen LogP contribution in [0.4, 0.5) is 0 Å². The predicted molar refractivity (Wildman–Crippen MR) is 43.0 cm³/mol. The van der Waals surface area contributed by atoms with Gasteiger partial charge in [0, 0.05) is 0 Å². The third-order valence-corrected chi connectivity index (χ3v) is 4.28. The second kappa shape index (κ2) is 4.63. The van der Waals surface area contributed by atoms with Gasteiger partial charge in [0.25, 0.3) is 0 Å². The molecule has 0 saturated heterocycles. The average Bonchev–Trinajstić information content (AvgIpc) is 1.35. The van der Waals surface area contributed by atoms with E-state index in [-0.39, 0.29) is 5.53 Å². The summed E-state index contributed by atoms with van der Waals surface area (Å²) in [5.41, 5.74) is -0.295. The Balaban J connectivity index is 2.63. The van der Waals surface area contributed by atoms with Crippen LogP contribution in [0.1, 0.15) is 6.92 Å². The molecule has 0 atom stereocenters. The molecule has 4 heteroatoms. The van der Waals surface area contributed by atoms with Crippen LogP contribution in [0, 0.1) is 0 Å². The summed E-state index contributed by atoms with van der Waals surface area (Å²) in [6, 6.07) is 0. The maximum absolute atomic E-state index is 4.07. The fourth-order valence-electron chi connectivity index (χ4n) is 0.115. The standard InChI is InChI=1S/C2H7PS3/c1-2-6-3(4)5/h4-5H,2H2,1H3. The van der Waals surface area contributed by atoms with Crippen LogP contribution < -0.4 is 0 Å². The van der Waals surface area contributed by atoms with Crippen molar-refractivity contribution in [2.75, 3.05) is 5.75 Å². The Kier molecular flexibility index (Phi) is 5.78. The molecular weight excluding hydrogens is 151 g/mol. The van der Waals surface area contributed by atoms with Gasteiger partial charge in [-0.3, -0.25) is 0 Å². The van der Waals surface area contributed by atoms with E-state index < -0.39 is 0 Å². The topological polar surface area (TPSA) is 0 Å². The molecule has 6 heavy (non-hydrogen) atoms. The van der Waals surface area contributed by atoms with E-state index in [0.717, 1.165) is 5.75 Å². The summed E-state index contributed by atoms with van der Waals surface area (Å²) < 4.78 is 0. The molecule has 0 aliphatic rings. The predicted octanol–water partition coefficient (Wildman–Crippen LogP) is 2.83. The molecule has 0 heterocycles. The SMILES string of the molecule is CCSP(S)S.